The SMILES string of the molecule is Cc1cc(C)n(-c2n[nH]c(=S)n2/N=C/c2c(CO)cnc(C)c2O)n1. The van der Waals surface area contributed by atoms with Crippen molar-refractivity contribution in [3.8, 4) is 11.7 Å². The van der Waals surface area contributed by atoms with Crippen molar-refractivity contribution < 1.29 is 10.2 Å². The van der Waals surface area contributed by atoms with Crippen LogP contribution in [0.5, 0.6) is 5.75 Å². The van der Waals surface area contributed by atoms with Gasteiger partial charge < -0.3 is 10.2 Å². The third kappa shape index (κ3) is 3.08. The second-order valence-corrected chi connectivity index (χ2v) is 5.90. The monoisotopic (exact) mass is 359 g/mol. The summed E-state index contributed by atoms with van der Waals surface area (Å²) < 4.78 is 3.28. The van der Waals surface area contributed by atoms with Crippen molar-refractivity contribution in [1.29, 1.82) is 0 Å². The molecule has 3 rings (SSSR count). The first-order valence-electron chi connectivity index (χ1n) is 7.46. The van der Waals surface area contributed by atoms with Crippen LogP contribution in [0.1, 0.15) is 28.2 Å². The molecule has 0 aliphatic carbocycles. The van der Waals surface area contributed by atoms with E-state index in [1.54, 1.807) is 11.6 Å². The molecule has 25 heavy (non-hydrogen) atoms. The molecule has 3 aromatic heterocycles. The third-order valence-electron chi connectivity index (χ3n) is 3.66. The van der Waals surface area contributed by atoms with Gasteiger partial charge in [0.05, 0.1) is 24.2 Å². The van der Waals surface area contributed by atoms with Crippen LogP contribution in [0.3, 0.4) is 0 Å². The number of aryl methyl sites for hydroxylation is 3. The van der Waals surface area contributed by atoms with E-state index >= 15 is 0 Å². The summed E-state index contributed by atoms with van der Waals surface area (Å²) in [6.45, 7) is 5.17. The van der Waals surface area contributed by atoms with Crippen molar-refractivity contribution in [2.75, 3.05) is 0 Å². The minimum absolute atomic E-state index is 0.0435. The van der Waals surface area contributed by atoms with E-state index in [9.17, 15) is 10.2 Å². The number of hydrogen-bond donors (Lipinski definition) is 3. The van der Waals surface area contributed by atoms with Crippen molar-refractivity contribution in [2.24, 2.45) is 5.10 Å². The Morgan fingerprint density at radius 3 is 2.76 bits per heavy atom. The highest BCUT2D eigenvalue weighted by atomic mass is 32.1. The number of aromatic hydroxyl groups is 1. The standard InChI is InChI=1S/C15H17N7O2S/c1-8-4-9(2)21(20-8)14-18-19-15(25)22(14)17-6-12-11(7-23)5-16-10(3)13(12)24/h4-6,23-24H,7H2,1-3H3,(H,19,25)/b17-6+. The number of hydrogen-bond acceptors (Lipinski definition) is 7. The van der Waals surface area contributed by atoms with E-state index in [1.165, 1.54) is 17.1 Å². The zero-order chi connectivity index (χ0) is 18.1. The number of aromatic amines is 1. The van der Waals surface area contributed by atoms with Crippen molar-refractivity contribution in [2.45, 2.75) is 27.4 Å². The van der Waals surface area contributed by atoms with Crippen LogP contribution < -0.4 is 0 Å². The smallest absolute Gasteiger partial charge is 0.271 e. The fourth-order valence-electron chi connectivity index (χ4n) is 2.39. The predicted molar refractivity (Wildman–Crippen MR) is 93.6 cm³/mol. The lowest BCUT2D eigenvalue weighted by molar-refractivity contribution is 0.280. The van der Waals surface area contributed by atoms with Gasteiger partial charge >= 0.3 is 0 Å². The van der Waals surface area contributed by atoms with Crippen LogP contribution in [0, 0.1) is 25.5 Å². The zero-order valence-corrected chi connectivity index (χ0v) is 14.7. The molecule has 10 heteroatoms. The molecule has 0 aliphatic heterocycles. The van der Waals surface area contributed by atoms with Crippen LogP contribution in [0.2, 0.25) is 0 Å². The fourth-order valence-corrected chi connectivity index (χ4v) is 2.57. The number of pyridine rings is 1. The van der Waals surface area contributed by atoms with Gasteiger partial charge in [0.25, 0.3) is 5.95 Å². The molecule has 3 heterocycles. The maximum absolute atomic E-state index is 10.2. The lowest BCUT2D eigenvalue weighted by atomic mass is 10.1. The van der Waals surface area contributed by atoms with Gasteiger partial charge in [0.2, 0.25) is 4.77 Å². The molecule has 130 valence electrons. The van der Waals surface area contributed by atoms with Gasteiger partial charge in [-0.1, -0.05) is 0 Å². The average molecular weight is 359 g/mol. The Bertz CT molecular complexity index is 1020. The summed E-state index contributed by atoms with van der Waals surface area (Å²) in [6.07, 6.45) is 2.91. The Labute approximate surface area is 148 Å². The maximum Gasteiger partial charge on any atom is 0.271 e. The summed E-state index contributed by atoms with van der Waals surface area (Å²) in [5.41, 5.74) is 2.98. The zero-order valence-electron chi connectivity index (χ0n) is 13.9. The van der Waals surface area contributed by atoms with E-state index in [-0.39, 0.29) is 17.1 Å². The Hall–Kier alpha value is -2.85. The summed E-state index contributed by atoms with van der Waals surface area (Å²) in [6, 6.07) is 1.91. The minimum Gasteiger partial charge on any atom is -0.505 e. The Kier molecular flexibility index (Phi) is 4.47. The van der Waals surface area contributed by atoms with Crippen molar-refractivity contribution in [3.05, 3.63) is 45.2 Å². The topological polar surface area (TPSA) is 117 Å². The summed E-state index contributed by atoms with van der Waals surface area (Å²) in [5, 5.41) is 35.2. The van der Waals surface area contributed by atoms with Crippen LogP contribution in [0.25, 0.3) is 5.95 Å². The van der Waals surface area contributed by atoms with E-state index in [1.807, 2.05) is 19.9 Å². The summed E-state index contributed by atoms with van der Waals surface area (Å²) in [4.78, 5) is 4.02. The molecular weight excluding hydrogens is 342 g/mol. The van der Waals surface area contributed by atoms with Gasteiger partial charge in [-0.3, -0.25) is 4.98 Å². The highest BCUT2D eigenvalue weighted by Crippen LogP contribution is 2.22. The van der Waals surface area contributed by atoms with Gasteiger partial charge in [-0.2, -0.15) is 14.9 Å². The lowest BCUT2D eigenvalue weighted by Gasteiger charge is -2.07. The quantitative estimate of drug-likeness (QED) is 0.480. The first-order valence-corrected chi connectivity index (χ1v) is 7.87. The van der Waals surface area contributed by atoms with Gasteiger partial charge in [0, 0.05) is 23.0 Å². The molecule has 3 aromatic rings. The number of nitrogens with zero attached hydrogens (tertiary/aromatic N) is 6. The minimum atomic E-state index is -0.275. The average Bonchev–Trinajstić information content (AvgIpc) is 3.10. The Morgan fingerprint density at radius 1 is 1.36 bits per heavy atom. The second kappa shape index (κ2) is 6.57. The predicted octanol–water partition coefficient (Wildman–Crippen LogP) is 1.53. The van der Waals surface area contributed by atoms with Crippen LogP contribution in [-0.4, -0.2) is 46.1 Å². The van der Waals surface area contributed by atoms with E-state index in [2.05, 4.69) is 25.4 Å². The van der Waals surface area contributed by atoms with E-state index in [4.69, 9.17) is 12.2 Å². The van der Waals surface area contributed by atoms with E-state index in [0.717, 1.165) is 11.4 Å². The number of rotatable bonds is 4. The van der Waals surface area contributed by atoms with Crippen molar-refractivity contribution in [3.63, 3.8) is 0 Å². The molecule has 9 nitrogen and oxygen atoms in total. The van der Waals surface area contributed by atoms with Gasteiger partial charge in [-0.05, 0) is 39.1 Å². The first-order chi connectivity index (χ1) is 11.9. The van der Waals surface area contributed by atoms with E-state index < -0.39 is 0 Å². The van der Waals surface area contributed by atoms with Gasteiger partial charge in [0.1, 0.15) is 5.75 Å². The van der Waals surface area contributed by atoms with Crippen LogP contribution in [0.15, 0.2) is 17.4 Å². The molecule has 0 aliphatic rings. The van der Waals surface area contributed by atoms with Crippen LogP contribution in [0.4, 0.5) is 0 Å². The van der Waals surface area contributed by atoms with Gasteiger partial charge in [-0.15, -0.1) is 5.10 Å². The molecule has 0 amide bonds. The van der Waals surface area contributed by atoms with E-state index in [0.29, 0.717) is 22.8 Å². The number of aliphatic hydroxyl groups is 1. The highest BCUT2D eigenvalue weighted by Gasteiger charge is 2.13. The molecule has 0 saturated carbocycles. The normalized spacial score (nSPS) is 11.5. The van der Waals surface area contributed by atoms with Crippen molar-refractivity contribution in [1.82, 2.24) is 29.6 Å². The number of nitrogens with one attached hydrogen (secondary N) is 1. The number of aromatic nitrogens is 6. The molecule has 0 atom stereocenters. The Morgan fingerprint density at radius 2 is 2.12 bits per heavy atom. The fraction of sp³-hybridized carbons (Fsp3) is 0.267. The maximum atomic E-state index is 10.2. The van der Waals surface area contributed by atoms with Gasteiger partial charge in [-0.25, -0.2) is 9.78 Å². The third-order valence-corrected chi connectivity index (χ3v) is 3.93. The Balaban J connectivity index is 2.10. The number of aliphatic hydroxyl groups excluding tert-OH is 1. The summed E-state index contributed by atoms with van der Waals surface area (Å²) in [7, 11) is 0. The molecule has 0 aromatic carbocycles. The molecule has 0 spiro atoms. The molecule has 0 fully saturated rings. The van der Waals surface area contributed by atoms with Crippen LogP contribution in [-0.2, 0) is 6.61 Å². The molecule has 0 radical (unpaired) electrons. The highest BCUT2D eigenvalue weighted by molar-refractivity contribution is 7.71. The molecule has 3 N–H and O–H groups in total. The van der Waals surface area contributed by atoms with Crippen molar-refractivity contribution >= 4 is 18.4 Å². The number of H-pyrrole nitrogens is 1. The van der Waals surface area contributed by atoms with Gasteiger partial charge in [0.15, 0.2) is 0 Å². The van der Waals surface area contributed by atoms with Crippen LogP contribution >= 0.6 is 12.2 Å². The largest absolute Gasteiger partial charge is 0.505 e. The molecular formula is C15H17N7O2S. The molecule has 0 saturated heterocycles. The first kappa shape index (κ1) is 17.0. The second-order valence-electron chi connectivity index (χ2n) is 5.51. The summed E-state index contributed by atoms with van der Waals surface area (Å²) in [5.74, 6) is 0.348. The lowest BCUT2D eigenvalue weighted by Crippen LogP contribution is -2.07. The molecule has 0 bridgehead atoms. The molecule has 0 unspecified atom stereocenters. The summed E-state index contributed by atoms with van der Waals surface area (Å²) >= 11 is 5.22.